The van der Waals surface area contributed by atoms with E-state index in [9.17, 15) is 19.5 Å². The number of nitrogens with zero attached hydrogens (tertiary/aromatic N) is 2. The normalized spacial score (nSPS) is 16.7. The summed E-state index contributed by atoms with van der Waals surface area (Å²) >= 11 is -3.15. The molecule has 0 unspecified atom stereocenters. The van der Waals surface area contributed by atoms with Crippen LogP contribution in [0.4, 0.5) is 11.4 Å². The van der Waals surface area contributed by atoms with Gasteiger partial charge >= 0.3 is 209 Å². The number of hydrogen-bond acceptors (Lipinski definition) is 3. The van der Waals surface area contributed by atoms with Gasteiger partial charge in [-0.3, -0.25) is 0 Å². The van der Waals surface area contributed by atoms with Crippen molar-refractivity contribution in [3.8, 4) is 0 Å². The van der Waals surface area contributed by atoms with Crippen LogP contribution in [0.1, 0.15) is 95.3 Å². The third kappa shape index (κ3) is 5.80. The summed E-state index contributed by atoms with van der Waals surface area (Å²) in [5.41, 5.74) is 1.63. The van der Waals surface area contributed by atoms with Gasteiger partial charge < -0.3 is 0 Å². The molecular formula is C27H42N2O4Sn. The summed E-state index contributed by atoms with van der Waals surface area (Å²) in [6, 6.07) is 3.85. The van der Waals surface area contributed by atoms with Crippen LogP contribution in [0.5, 0.6) is 0 Å². The number of anilines is 2. The van der Waals surface area contributed by atoms with Gasteiger partial charge in [0.15, 0.2) is 0 Å². The molecule has 1 aromatic carbocycles. The number of carboxylic acid groups (broad SMARTS) is 1. The Labute approximate surface area is 208 Å². The number of benzene rings is 1. The van der Waals surface area contributed by atoms with Crippen molar-refractivity contribution in [1.29, 1.82) is 0 Å². The molecule has 1 N–H and O–H groups in total. The van der Waals surface area contributed by atoms with E-state index in [1.165, 1.54) is 16.9 Å². The summed E-state index contributed by atoms with van der Waals surface area (Å²) in [4.78, 5) is 41.8. The van der Waals surface area contributed by atoms with E-state index >= 15 is 0 Å². The fourth-order valence-electron chi connectivity index (χ4n) is 5.76. The van der Waals surface area contributed by atoms with E-state index in [0.29, 0.717) is 31.6 Å². The zero-order valence-corrected chi connectivity index (χ0v) is 24.2. The molecule has 0 bridgehead atoms. The van der Waals surface area contributed by atoms with Crippen molar-refractivity contribution < 1.29 is 19.5 Å². The van der Waals surface area contributed by atoms with Crippen molar-refractivity contribution in [2.75, 3.05) is 22.9 Å². The number of amides is 2. The van der Waals surface area contributed by atoms with Gasteiger partial charge in [-0.1, -0.05) is 0 Å². The second kappa shape index (κ2) is 12.4. The summed E-state index contributed by atoms with van der Waals surface area (Å²) in [5.74, 6) is -0.884. The Kier molecular flexibility index (Phi) is 9.86. The fourth-order valence-corrected chi connectivity index (χ4v) is 22.5. The van der Waals surface area contributed by atoms with E-state index in [4.69, 9.17) is 0 Å². The van der Waals surface area contributed by atoms with Crippen molar-refractivity contribution in [2.24, 2.45) is 0 Å². The van der Waals surface area contributed by atoms with Crippen LogP contribution in [0, 0.1) is 0 Å². The molecule has 188 valence electrons. The first-order valence-electron chi connectivity index (χ1n) is 13.4. The molecule has 0 aliphatic carbocycles. The van der Waals surface area contributed by atoms with Crippen LogP contribution >= 0.6 is 0 Å². The standard InChI is InChI=1S/C15H15N2O4.3C4H9.Sn/c18-13-3-1-7-16(13)10-5-6-12(11(9-10)15(20)21)17-8-2-4-14(17)19;3*1-3-4-2;/h5,9H,1-4,7-8H2,(H,20,21);3*1,3-4H2,2H3;. The van der Waals surface area contributed by atoms with Crippen LogP contribution in [0.25, 0.3) is 0 Å². The molecule has 7 heteroatoms. The molecule has 2 amide bonds. The van der Waals surface area contributed by atoms with Crippen LogP contribution < -0.4 is 13.4 Å². The van der Waals surface area contributed by atoms with Crippen molar-refractivity contribution in [2.45, 2.75) is 98.3 Å². The molecule has 2 aliphatic heterocycles. The topological polar surface area (TPSA) is 77.9 Å². The number of carbonyl (C=O) groups excluding carboxylic acids is 2. The zero-order chi connectivity index (χ0) is 24.7. The van der Waals surface area contributed by atoms with Gasteiger partial charge in [-0.15, -0.1) is 0 Å². The second-order valence-electron chi connectivity index (χ2n) is 10.1. The molecule has 2 saturated heterocycles. The van der Waals surface area contributed by atoms with Gasteiger partial charge in [-0.25, -0.2) is 0 Å². The van der Waals surface area contributed by atoms with Crippen molar-refractivity contribution in [3.63, 3.8) is 0 Å². The maximum absolute atomic E-state index is 13.0. The van der Waals surface area contributed by atoms with Crippen molar-refractivity contribution in [1.82, 2.24) is 0 Å². The Morgan fingerprint density at radius 1 is 0.853 bits per heavy atom. The summed E-state index contributed by atoms with van der Waals surface area (Å²) < 4.78 is 4.72. The number of unbranched alkanes of at least 4 members (excludes halogenated alkanes) is 3. The Bertz CT molecular complexity index is 879. The van der Waals surface area contributed by atoms with E-state index in [1.807, 2.05) is 0 Å². The van der Waals surface area contributed by atoms with E-state index < -0.39 is 24.3 Å². The number of carbonyl (C=O) groups is 3. The zero-order valence-electron chi connectivity index (χ0n) is 21.3. The van der Waals surface area contributed by atoms with Crippen LogP contribution in [0.3, 0.4) is 0 Å². The molecule has 3 rings (SSSR count). The van der Waals surface area contributed by atoms with Gasteiger partial charge in [-0.2, -0.15) is 0 Å². The number of hydrogen-bond donors (Lipinski definition) is 1. The molecule has 6 nitrogen and oxygen atoms in total. The van der Waals surface area contributed by atoms with Crippen molar-refractivity contribution in [3.05, 3.63) is 17.7 Å². The van der Waals surface area contributed by atoms with E-state index in [1.54, 1.807) is 15.9 Å². The maximum atomic E-state index is 13.0. The van der Waals surface area contributed by atoms with Gasteiger partial charge in [0, 0.05) is 0 Å². The van der Waals surface area contributed by atoms with E-state index in [-0.39, 0.29) is 17.4 Å². The average Bonchev–Trinajstić information content (AvgIpc) is 3.45. The summed E-state index contributed by atoms with van der Waals surface area (Å²) in [6.07, 6.45) is 9.35. The molecule has 0 spiro atoms. The van der Waals surface area contributed by atoms with Crippen LogP contribution in [-0.2, 0) is 9.59 Å². The first-order valence-corrected chi connectivity index (χ1v) is 20.9. The Morgan fingerprint density at radius 2 is 1.35 bits per heavy atom. The first-order chi connectivity index (χ1) is 16.4. The molecule has 1 aromatic rings. The molecule has 0 atom stereocenters. The minimum atomic E-state index is -3.15. The number of carboxylic acids is 1. The predicted octanol–water partition coefficient (Wildman–Crippen LogP) is 5.69. The summed E-state index contributed by atoms with van der Waals surface area (Å²) in [5, 5.41) is 10.3. The Hall–Kier alpha value is -1.57. The Morgan fingerprint density at radius 3 is 1.76 bits per heavy atom. The summed E-state index contributed by atoms with van der Waals surface area (Å²) in [6.45, 7) is 7.90. The summed E-state index contributed by atoms with van der Waals surface area (Å²) in [7, 11) is 0. The van der Waals surface area contributed by atoms with E-state index in [2.05, 4.69) is 26.8 Å². The molecule has 2 heterocycles. The van der Waals surface area contributed by atoms with Gasteiger partial charge in [0.25, 0.3) is 0 Å². The Balaban J connectivity index is 2.31. The molecular weight excluding hydrogens is 535 g/mol. The molecule has 34 heavy (non-hydrogen) atoms. The molecule has 2 aliphatic rings. The average molecular weight is 577 g/mol. The second-order valence-corrected chi connectivity index (χ2v) is 23.2. The molecule has 0 aromatic heterocycles. The fraction of sp³-hybridized carbons (Fsp3) is 0.667. The van der Waals surface area contributed by atoms with Crippen LogP contribution in [0.2, 0.25) is 13.3 Å². The van der Waals surface area contributed by atoms with Gasteiger partial charge in [-0.05, 0) is 0 Å². The number of rotatable bonds is 13. The molecule has 0 radical (unpaired) electrons. The monoisotopic (exact) mass is 578 g/mol. The quantitative estimate of drug-likeness (QED) is 0.306. The van der Waals surface area contributed by atoms with Crippen LogP contribution in [0.15, 0.2) is 12.1 Å². The predicted molar refractivity (Wildman–Crippen MR) is 141 cm³/mol. The molecule has 2 fully saturated rings. The first kappa shape index (κ1) is 27.0. The van der Waals surface area contributed by atoms with E-state index in [0.717, 1.165) is 57.1 Å². The third-order valence-corrected chi connectivity index (χ3v) is 23.2. The van der Waals surface area contributed by atoms with Gasteiger partial charge in [0.1, 0.15) is 0 Å². The van der Waals surface area contributed by atoms with Crippen LogP contribution in [-0.4, -0.2) is 54.4 Å². The van der Waals surface area contributed by atoms with Gasteiger partial charge in [0.05, 0.1) is 0 Å². The third-order valence-electron chi connectivity index (χ3n) is 7.65. The minimum absolute atomic E-state index is 0.0374. The van der Waals surface area contributed by atoms with Crippen molar-refractivity contribution >= 4 is 51.1 Å². The number of aromatic carboxylic acids is 1. The SMILES string of the molecule is CCC[CH2][Sn]([CH2]CCC)([CH2]CCC)[c]1cc(N2CCCC2=O)cc(C(=O)O)c1N1CCCC1=O. The molecule has 0 saturated carbocycles. The van der Waals surface area contributed by atoms with Gasteiger partial charge in [0.2, 0.25) is 0 Å².